The van der Waals surface area contributed by atoms with Gasteiger partial charge < -0.3 is 20.1 Å². The molecule has 0 bridgehead atoms. The maximum Gasteiger partial charge on any atom is 0.408 e. The van der Waals surface area contributed by atoms with Crippen LogP contribution in [0.4, 0.5) is 4.79 Å². The zero-order chi connectivity index (χ0) is 19.6. The molecule has 1 fully saturated rings. The zero-order valence-corrected chi connectivity index (χ0v) is 16.1. The lowest BCUT2D eigenvalue weighted by Gasteiger charge is -2.36. The third-order valence-corrected chi connectivity index (χ3v) is 4.47. The van der Waals surface area contributed by atoms with Crippen molar-refractivity contribution in [2.24, 2.45) is 5.92 Å². The van der Waals surface area contributed by atoms with Gasteiger partial charge in [0.05, 0.1) is 6.54 Å². The summed E-state index contributed by atoms with van der Waals surface area (Å²) in [6.07, 6.45) is -0.566. The SMILES string of the molecule is CC(C)C(=O)N1CCC(S)[C@@]1(C(=O)O)C(=O)CNC(=O)OC(C)(C)C. The lowest BCUT2D eigenvalue weighted by atomic mass is 9.89. The highest BCUT2D eigenvalue weighted by molar-refractivity contribution is 7.81. The summed E-state index contributed by atoms with van der Waals surface area (Å²) < 4.78 is 5.03. The maximum atomic E-state index is 12.7. The molecule has 1 rings (SSSR count). The number of nitrogens with zero attached hydrogens (tertiary/aromatic N) is 1. The first kappa shape index (κ1) is 21.3. The third-order valence-electron chi connectivity index (χ3n) is 3.84. The molecule has 9 heteroatoms. The molecule has 0 spiro atoms. The molecule has 2 N–H and O–H groups in total. The number of hydrogen-bond donors (Lipinski definition) is 3. The lowest BCUT2D eigenvalue weighted by Crippen LogP contribution is -2.65. The van der Waals surface area contributed by atoms with Gasteiger partial charge in [0, 0.05) is 17.7 Å². The van der Waals surface area contributed by atoms with Gasteiger partial charge in [-0.3, -0.25) is 9.59 Å². The number of thiol groups is 1. The first-order valence-electron chi connectivity index (χ1n) is 8.07. The Kier molecular flexibility index (Phi) is 6.50. The summed E-state index contributed by atoms with van der Waals surface area (Å²) in [5, 5.41) is 11.1. The van der Waals surface area contributed by atoms with Gasteiger partial charge >= 0.3 is 12.1 Å². The minimum absolute atomic E-state index is 0.121. The summed E-state index contributed by atoms with van der Waals surface area (Å²) in [7, 11) is 0. The van der Waals surface area contributed by atoms with Crippen molar-refractivity contribution in [1.82, 2.24) is 10.2 Å². The molecule has 1 unspecified atom stereocenters. The lowest BCUT2D eigenvalue weighted by molar-refractivity contribution is -0.162. The molecule has 1 aliphatic heterocycles. The van der Waals surface area contributed by atoms with Crippen molar-refractivity contribution in [1.29, 1.82) is 0 Å². The normalized spacial score (nSPS) is 23.5. The summed E-state index contributed by atoms with van der Waals surface area (Å²) >= 11 is 4.25. The number of nitrogens with one attached hydrogen (secondary N) is 1. The fourth-order valence-electron chi connectivity index (χ4n) is 2.73. The standard InChI is InChI=1S/C16H26N2O6S/c1-9(2)12(20)18-7-6-11(25)16(18,13(21)22)10(19)8-17-14(23)24-15(3,4)5/h9,11,25H,6-8H2,1-5H3,(H,17,23)(H,21,22)/t11?,16-/m1/s1. The van der Waals surface area contributed by atoms with E-state index in [1.54, 1.807) is 34.6 Å². The van der Waals surface area contributed by atoms with Crippen LogP contribution in [0.1, 0.15) is 41.0 Å². The van der Waals surface area contributed by atoms with Gasteiger partial charge in [0.15, 0.2) is 5.78 Å². The Balaban J connectivity index is 3.03. The van der Waals surface area contributed by atoms with Crippen molar-refractivity contribution < 1.29 is 29.0 Å². The monoisotopic (exact) mass is 374 g/mol. The number of ketones is 1. The number of Topliss-reactive ketones (excluding diaryl/α,β-unsaturated/α-hetero) is 1. The Bertz CT molecular complexity index is 571. The highest BCUT2D eigenvalue weighted by Crippen LogP contribution is 2.36. The number of ether oxygens (including phenoxy) is 1. The molecular formula is C16H26N2O6S. The van der Waals surface area contributed by atoms with E-state index in [9.17, 15) is 24.3 Å². The fraction of sp³-hybridized carbons (Fsp3) is 0.750. The summed E-state index contributed by atoms with van der Waals surface area (Å²) in [5.41, 5.74) is -2.85. The number of hydrogen-bond acceptors (Lipinski definition) is 6. The predicted octanol–water partition coefficient (Wildman–Crippen LogP) is 1.09. The molecule has 0 aromatic heterocycles. The molecule has 0 saturated carbocycles. The smallest absolute Gasteiger partial charge is 0.408 e. The molecule has 2 amide bonds. The van der Waals surface area contributed by atoms with Crippen LogP contribution in [0.5, 0.6) is 0 Å². The summed E-state index contributed by atoms with van der Waals surface area (Å²) in [5.74, 6) is -3.17. The van der Waals surface area contributed by atoms with Gasteiger partial charge in [-0.05, 0) is 27.2 Å². The van der Waals surface area contributed by atoms with E-state index in [1.807, 2.05) is 0 Å². The van der Waals surface area contributed by atoms with E-state index in [0.29, 0.717) is 0 Å². The summed E-state index contributed by atoms with van der Waals surface area (Å²) in [6.45, 7) is 7.80. The second-order valence-electron chi connectivity index (χ2n) is 7.30. The van der Waals surface area contributed by atoms with Crippen molar-refractivity contribution in [3.8, 4) is 0 Å². The Morgan fingerprint density at radius 1 is 1.32 bits per heavy atom. The minimum atomic E-state index is -2.10. The molecule has 1 aliphatic rings. The highest BCUT2D eigenvalue weighted by atomic mass is 32.1. The van der Waals surface area contributed by atoms with Crippen molar-refractivity contribution >= 4 is 36.4 Å². The van der Waals surface area contributed by atoms with E-state index < -0.39 is 52.6 Å². The van der Waals surface area contributed by atoms with Crippen molar-refractivity contribution in [2.75, 3.05) is 13.1 Å². The van der Waals surface area contributed by atoms with Crippen LogP contribution in [-0.4, -0.2) is 63.2 Å². The first-order chi connectivity index (χ1) is 11.3. The van der Waals surface area contributed by atoms with Crippen LogP contribution in [0.3, 0.4) is 0 Å². The molecule has 0 aromatic rings. The van der Waals surface area contributed by atoms with Crippen LogP contribution >= 0.6 is 12.6 Å². The first-order valence-corrected chi connectivity index (χ1v) is 8.58. The molecule has 1 heterocycles. The number of alkyl carbamates (subject to hydrolysis) is 1. The predicted molar refractivity (Wildman–Crippen MR) is 93.6 cm³/mol. The molecule has 25 heavy (non-hydrogen) atoms. The number of amides is 2. The summed E-state index contributed by atoms with van der Waals surface area (Å²) in [6, 6.07) is 0. The van der Waals surface area contributed by atoms with E-state index in [2.05, 4.69) is 17.9 Å². The Hall–Kier alpha value is -1.77. The van der Waals surface area contributed by atoms with E-state index in [0.717, 1.165) is 4.90 Å². The average molecular weight is 374 g/mol. The van der Waals surface area contributed by atoms with Crippen LogP contribution in [0.2, 0.25) is 0 Å². The van der Waals surface area contributed by atoms with Crippen molar-refractivity contribution in [3.63, 3.8) is 0 Å². The van der Waals surface area contributed by atoms with Gasteiger partial charge in [-0.2, -0.15) is 12.6 Å². The molecule has 2 atom stereocenters. The molecule has 0 radical (unpaired) electrons. The van der Waals surface area contributed by atoms with E-state index in [-0.39, 0.29) is 13.0 Å². The number of likely N-dealkylation sites (tertiary alicyclic amines) is 1. The number of carbonyl (C=O) groups excluding carboxylic acids is 3. The molecule has 8 nitrogen and oxygen atoms in total. The van der Waals surface area contributed by atoms with Crippen LogP contribution in [0.15, 0.2) is 0 Å². The molecule has 0 aromatic carbocycles. The molecule has 0 aliphatic carbocycles. The Morgan fingerprint density at radius 3 is 2.32 bits per heavy atom. The molecule has 1 saturated heterocycles. The van der Waals surface area contributed by atoms with E-state index >= 15 is 0 Å². The Labute approximate surface area is 152 Å². The second kappa shape index (κ2) is 7.63. The Morgan fingerprint density at radius 2 is 1.88 bits per heavy atom. The second-order valence-corrected chi connectivity index (χ2v) is 7.92. The number of aliphatic carboxylic acids is 1. The molecule has 142 valence electrons. The van der Waals surface area contributed by atoms with Gasteiger partial charge in [0.25, 0.3) is 0 Å². The van der Waals surface area contributed by atoms with E-state index in [4.69, 9.17) is 4.74 Å². The van der Waals surface area contributed by atoms with Gasteiger partial charge in [0.2, 0.25) is 11.4 Å². The average Bonchev–Trinajstić information content (AvgIpc) is 2.80. The zero-order valence-electron chi connectivity index (χ0n) is 15.2. The number of carboxylic acids is 1. The number of carboxylic acid groups (broad SMARTS) is 1. The number of rotatable bonds is 5. The maximum absolute atomic E-state index is 12.7. The van der Waals surface area contributed by atoms with E-state index in [1.165, 1.54) is 0 Å². The van der Waals surface area contributed by atoms with Crippen LogP contribution < -0.4 is 5.32 Å². The van der Waals surface area contributed by atoms with Crippen LogP contribution in [-0.2, 0) is 19.1 Å². The minimum Gasteiger partial charge on any atom is -0.479 e. The van der Waals surface area contributed by atoms with Crippen LogP contribution in [0, 0.1) is 5.92 Å². The fourth-order valence-corrected chi connectivity index (χ4v) is 3.24. The third kappa shape index (κ3) is 4.45. The topological polar surface area (TPSA) is 113 Å². The van der Waals surface area contributed by atoms with Crippen LogP contribution in [0.25, 0.3) is 0 Å². The highest BCUT2D eigenvalue weighted by Gasteiger charge is 2.60. The van der Waals surface area contributed by atoms with Gasteiger partial charge in [-0.1, -0.05) is 13.8 Å². The van der Waals surface area contributed by atoms with Gasteiger partial charge in [-0.15, -0.1) is 0 Å². The number of carbonyl (C=O) groups is 4. The van der Waals surface area contributed by atoms with Crippen molar-refractivity contribution in [2.45, 2.75) is 57.4 Å². The quantitative estimate of drug-likeness (QED) is 0.490. The summed E-state index contributed by atoms with van der Waals surface area (Å²) in [4.78, 5) is 49.9. The van der Waals surface area contributed by atoms with Gasteiger partial charge in [-0.25, -0.2) is 9.59 Å². The van der Waals surface area contributed by atoms with Crippen molar-refractivity contribution in [3.05, 3.63) is 0 Å². The molecular weight excluding hydrogens is 348 g/mol. The largest absolute Gasteiger partial charge is 0.479 e. The van der Waals surface area contributed by atoms with Gasteiger partial charge in [0.1, 0.15) is 5.60 Å².